The zero-order valence-corrected chi connectivity index (χ0v) is 10.3. The fourth-order valence-electron chi connectivity index (χ4n) is 2.28. The van der Waals surface area contributed by atoms with Gasteiger partial charge in [-0.1, -0.05) is 19.3 Å². The Hall–Kier alpha value is -1.42. The van der Waals surface area contributed by atoms with Gasteiger partial charge < -0.3 is 5.43 Å². The Labute approximate surface area is 102 Å². The molecule has 0 radical (unpaired) electrons. The molecule has 3 N–H and O–H groups in total. The number of hydrogen-bond donors (Lipinski definition) is 2. The average molecular weight is 232 g/mol. The fourth-order valence-corrected chi connectivity index (χ4v) is 2.28. The van der Waals surface area contributed by atoms with Crippen molar-refractivity contribution in [1.29, 1.82) is 0 Å². The molecule has 0 atom stereocenters. The number of nitrogens with zero attached hydrogens (tertiary/aromatic N) is 2. The first kappa shape index (κ1) is 12.0. The van der Waals surface area contributed by atoms with Crippen molar-refractivity contribution >= 4 is 5.84 Å². The third-order valence-electron chi connectivity index (χ3n) is 3.19. The number of rotatable bonds is 2. The van der Waals surface area contributed by atoms with Crippen LogP contribution >= 0.6 is 0 Å². The van der Waals surface area contributed by atoms with Gasteiger partial charge in [-0.05, 0) is 31.9 Å². The second-order valence-electron chi connectivity index (χ2n) is 4.60. The van der Waals surface area contributed by atoms with Crippen LogP contribution in [0.15, 0.2) is 23.3 Å². The number of aliphatic imine (C=N–C) groups is 1. The lowest BCUT2D eigenvalue weighted by molar-refractivity contribution is 0.442. The smallest absolute Gasteiger partial charge is 0.142 e. The predicted octanol–water partition coefficient (Wildman–Crippen LogP) is 1.93. The Kier molecular flexibility index (Phi) is 4.09. The van der Waals surface area contributed by atoms with Gasteiger partial charge in [0, 0.05) is 17.5 Å². The van der Waals surface area contributed by atoms with Crippen molar-refractivity contribution < 1.29 is 0 Å². The molecule has 1 saturated carbocycles. The fraction of sp³-hybridized carbons (Fsp3) is 0.538. The van der Waals surface area contributed by atoms with Gasteiger partial charge >= 0.3 is 0 Å². The van der Waals surface area contributed by atoms with Crippen LogP contribution in [0.5, 0.6) is 0 Å². The zero-order chi connectivity index (χ0) is 12.1. The Morgan fingerprint density at radius 1 is 1.41 bits per heavy atom. The topological polar surface area (TPSA) is 63.3 Å². The molecule has 1 aliphatic rings. The van der Waals surface area contributed by atoms with E-state index in [1.807, 2.05) is 19.1 Å². The van der Waals surface area contributed by atoms with E-state index in [9.17, 15) is 0 Å². The number of hydrogen-bond acceptors (Lipinski definition) is 3. The minimum Gasteiger partial charge on any atom is -0.308 e. The molecule has 0 saturated heterocycles. The van der Waals surface area contributed by atoms with Gasteiger partial charge in [-0.2, -0.15) is 0 Å². The van der Waals surface area contributed by atoms with Gasteiger partial charge in [0.05, 0.1) is 6.04 Å². The van der Waals surface area contributed by atoms with Crippen molar-refractivity contribution in [3.63, 3.8) is 0 Å². The van der Waals surface area contributed by atoms with Crippen molar-refractivity contribution in [1.82, 2.24) is 10.4 Å². The highest BCUT2D eigenvalue weighted by Gasteiger charge is 2.13. The van der Waals surface area contributed by atoms with Crippen LogP contribution in [-0.4, -0.2) is 16.9 Å². The SMILES string of the molecule is Cc1cc(C(=NC2CCCCC2)NN)ccn1. The van der Waals surface area contributed by atoms with E-state index in [0.717, 1.165) is 17.1 Å². The van der Waals surface area contributed by atoms with Gasteiger partial charge in [-0.25, -0.2) is 5.84 Å². The monoisotopic (exact) mass is 232 g/mol. The minimum atomic E-state index is 0.420. The summed E-state index contributed by atoms with van der Waals surface area (Å²) >= 11 is 0. The average Bonchev–Trinajstić information content (AvgIpc) is 2.37. The van der Waals surface area contributed by atoms with Crippen LogP contribution in [0.2, 0.25) is 0 Å². The van der Waals surface area contributed by atoms with E-state index in [0.29, 0.717) is 6.04 Å². The molecule has 1 aromatic heterocycles. The van der Waals surface area contributed by atoms with Crippen molar-refractivity contribution in [2.24, 2.45) is 10.8 Å². The van der Waals surface area contributed by atoms with Crippen LogP contribution in [-0.2, 0) is 0 Å². The maximum atomic E-state index is 5.57. The normalized spacial score (nSPS) is 18.1. The van der Waals surface area contributed by atoms with Crippen molar-refractivity contribution in [3.8, 4) is 0 Å². The summed E-state index contributed by atoms with van der Waals surface area (Å²) in [7, 11) is 0. The van der Waals surface area contributed by atoms with Gasteiger partial charge in [0.2, 0.25) is 0 Å². The summed E-state index contributed by atoms with van der Waals surface area (Å²) in [6.45, 7) is 1.97. The standard InChI is InChI=1S/C13H20N4/c1-10-9-11(7-8-15-10)13(17-14)16-12-5-3-2-4-6-12/h7-9,12H,2-6,14H2,1H3,(H,16,17). The molecule has 1 heterocycles. The molecule has 4 nitrogen and oxygen atoms in total. The molecule has 0 amide bonds. The number of pyridine rings is 1. The summed E-state index contributed by atoms with van der Waals surface area (Å²) in [5.74, 6) is 6.35. The Morgan fingerprint density at radius 3 is 2.82 bits per heavy atom. The largest absolute Gasteiger partial charge is 0.308 e. The maximum absolute atomic E-state index is 5.57. The third kappa shape index (κ3) is 3.27. The number of nitrogens with two attached hydrogens (primary N) is 1. The van der Waals surface area contributed by atoms with Crippen LogP contribution in [0.3, 0.4) is 0 Å². The number of aryl methyl sites for hydroxylation is 1. The summed E-state index contributed by atoms with van der Waals surface area (Å²) in [5.41, 5.74) is 4.71. The van der Waals surface area contributed by atoms with Gasteiger partial charge in [-0.15, -0.1) is 0 Å². The maximum Gasteiger partial charge on any atom is 0.142 e. The van der Waals surface area contributed by atoms with Crippen LogP contribution in [0.4, 0.5) is 0 Å². The lowest BCUT2D eigenvalue weighted by Crippen LogP contribution is -2.32. The lowest BCUT2D eigenvalue weighted by Gasteiger charge is -2.19. The number of amidine groups is 1. The van der Waals surface area contributed by atoms with Gasteiger partial charge in [0.25, 0.3) is 0 Å². The molecule has 92 valence electrons. The highest BCUT2D eigenvalue weighted by atomic mass is 15.3. The third-order valence-corrected chi connectivity index (χ3v) is 3.19. The van der Waals surface area contributed by atoms with E-state index in [2.05, 4.69) is 10.4 Å². The number of aromatic nitrogens is 1. The first-order chi connectivity index (χ1) is 8.29. The van der Waals surface area contributed by atoms with Gasteiger partial charge in [0.15, 0.2) is 0 Å². The zero-order valence-electron chi connectivity index (χ0n) is 10.3. The van der Waals surface area contributed by atoms with E-state index < -0.39 is 0 Å². The van der Waals surface area contributed by atoms with E-state index in [1.54, 1.807) is 6.20 Å². The first-order valence-corrected chi connectivity index (χ1v) is 6.27. The van der Waals surface area contributed by atoms with E-state index in [4.69, 9.17) is 10.8 Å². The van der Waals surface area contributed by atoms with Crippen LogP contribution in [0.1, 0.15) is 43.4 Å². The summed E-state index contributed by atoms with van der Waals surface area (Å²) < 4.78 is 0. The lowest BCUT2D eigenvalue weighted by atomic mass is 9.96. The molecule has 17 heavy (non-hydrogen) atoms. The number of hydrazine groups is 1. The summed E-state index contributed by atoms with van der Waals surface area (Å²) in [5, 5.41) is 0. The molecule has 0 bridgehead atoms. The predicted molar refractivity (Wildman–Crippen MR) is 69.7 cm³/mol. The molecule has 0 aromatic carbocycles. The van der Waals surface area contributed by atoms with Crippen molar-refractivity contribution in [3.05, 3.63) is 29.6 Å². The van der Waals surface area contributed by atoms with Crippen LogP contribution < -0.4 is 11.3 Å². The first-order valence-electron chi connectivity index (χ1n) is 6.27. The van der Waals surface area contributed by atoms with E-state index in [-0.39, 0.29) is 0 Å². The summed E-state index contributed by atoms with van der Waals surface area (Å²) in [6, 6.07) is 4.36. The highest BCUT2D eigenvalue weighted by molar-refractivity contribution is 5.98. The molecule has 0 spiro atoms. The second kappa shape index (κ2) is 5.77. The Balaban J connectivity index is 2.17. The Morgan fingerprint density at radius 2 is 2.18 bits per heavy atom. The molecule has 1 aromatic rings. The van der Waals surface area contributed by atoms with E-state index >= 15 is 0 Å². The molecule has 1 fully saturated rings. The van der Waals surface area contributed by atoms with Crippen molar-refractivity contribution in [2.75, 3.05) is 0 Å². The molecule has 0 aliphatic heterocycles. The molecule has 1 aliphatic carbocycles. The number of nitrogens with one attached hydrogen (secondary N) is 1. The van der Waals surface area contributed by atoms with Gasteiger partial charge in [-0.3, -0.25) is 9.98 Å². The second-order valence-corrected chi connectivity index (χ2v) is 4.60. The highest BCUT2D eigenvalue weighted by Crippen LogP contribution is 2.20. The van der Waals surface area contributed by atoms with Crippen LogP contribution in [0.25, 0.3) is 0 Å². The van der Waals surface area contributed by atoms with E-state index in [1.165, 1.54) is 32.1 Å². The Bertz CT molecular complexity index is 394. The summed E-state index contributed by atoms with van der Waals surface area (Å²) in [6.07, 6.45) is 8.04. The molecule has 0 unspecified atom stereocenters. The molecular weight excluding hydrogens is 212 g/mol. The molecule has 2 rings (SSSR count). The van der Waals surface area contributed by atoms with Crippen molar-refractivity contribution in [2.45, 2.75) is 45.1 Å². The quantitative estimate of drug-likeness (QED) is 0.354. The van der Waals surface area contributed by atoms with Gasteiger partial charge in [0.1, 0.15) is 5.84 Å². The summed E-state index contributed by atoms with van der Waals surface area (Å²) in [4.78, 5) is 8.90. The molecular formula is C13H20N4. The molecule has 4 heteroatoms. The van der Waals surface area contributed by atoms with Crippen LogP contribution in [0, 0.1) is 6.92 Å². The minimum absolute atomic E-state index is 0.420.